The van der Waals surface area contributed by atoms with Crippen molar-refractivity contribution in [2.75, 3.05) is 0 Å². The average molecular weight is 669 g/mol. The molecule has 11 rings (SSSR count). The molecule has 0 aliphatic carbocycles. The minimum atomic E-state index is 0.849. The van der Waals surface area contributed by atoms with Gasteiger partial charge in [0.1, 0.15) is 17.0 Å². The van der Waals surface area contributed by atoms with E-state index >= 15 is 0 Å². The first-order valence-corrected chi connectivity index (χ1v) is 18.0. The molecular formula is C47H28N2OS. The summed E-state index contributed by atoms with van der Waals surface area (Å²) in [6.07, 6.45) is 0. The Labute approximate surface area is 297 Å². The molecule has 0 saturated heterocycles. The number of hydrogen-bond donors (Lipinski definition) is 0. The van der Waals surface area contributed by atoms with Crippen LogP contribution < -0.4 is 0 Å². The smallest absolute Gasteiger partial charge is 0.144 e. The summed E-state index contributed by atoms with van der Waals surface area (Å²) in [5.74, 6) is 0.868. The Balaban J connectivity index is 1.22. The summed E-state index contributed by atoms with van der Waals surface area (Å²) >= 11 is 1.87. The summed E-state index contributed by atoms with van der Waals surface area (Å²) < 4.78 is 11.5. The van der Waals surface area contributed by atoms with Crippen LogP contribution in [0.4, 0.5) is 0 Å². The number of pyridine rings is 1. The van der Waals surface area contributed by atoms with Gasteiger partial charge in [-0.2, -0.15) is 0 Å². The number of hydrogen-bond acceptors (Lipinski definition) is 3. The van der Waals surface area contributed by atoms with E-state index in [2.05, 4.69) is 162 Å². The second kappa shape index (κ2) is 11.0. The highest BCUT2D eigenvalue weighted by Gasteiger charge is 2.20. The molecule has 0 aliphatic heterocycles. The van der Waals surface area contributed by atoms with Gasteiger partial charge in [-0.3, -0.25) is 4.57 Å². The van der Waals surface area contributed by atoms with Crippen LogP contribution >= 0.6 is 11.3 Å². The number of fused-ring (bicyclic) bond motifs is 10. The molecule has 4 aromatic heterocycles. The number of rotatable bonds is 4. The molecule has 0 fully saturated rings. The summed E-state index contributed by atoms with van der Waals surface area (Å²) in [7, 11) is 0. The minimum Gasteiger partial charge on any atom is -0.455 e. The van der Waals surface area contributed by atoms with Crippen molar-refractivity contribution in [3.05, 3.63) is 170 Å². The maximum atomic E-state index is 6.56. The topological polar surface area (TPSA) is 31.0 Å². The average Bonchev–Trinajstić information content (AvgIpc) is 3.88. The zero-order valence-electron chi connectivity index (χ0n) is 27.4. The zero-order chi connectivity index (χ0) is 33.5. The van der Waals surface area contributed by atoms with Crippen LogP contribution in [0.15, 0.2) is 174 Å². The monoisotopic (exact) mass is 668 g/mol. The normalized spacial score (nSPS) is 11.9. The molecule has 0 radical (unpaired) electrons. The van der Waals surface area contributed by atoms with Crippen molar-refractivity contribution >= 4 is 75.3 Å². The molecule has 0 spiro atoms. The number of thiophene rings is 1. The summed E-state index contributed by atoms with van der Waals surface area (Å²) in [4.78, 5) is 5.50. The van der Waals surface area contributed by atoms with Gasteiger partial charge in [-0.15, -0.1) is 11.3 Å². The summed E-state index contributed by atoms with van der Waals surface area (Å²) in [6, 6.07) is 60.5. The van der Waals surface area contributed by atoms with Crippen molar-refractivity contribution in [1.29, 1.82) is 0 Å². The van der Waals surface area contributed by atoms with E-state index in [4.69, 9.17) is 9.40 Å². The highest BCUT2D eigenvalue weighted by atomic mass is 32.1. The van der Waals surface area contributed by atoms with Gasteiger partial charge < -0.3 is 4.42 Å². The van der Waals surface area contributed by atoms with Crippen LogP contribution in [0.3, 0.4) is 0 Å². The van der Waals surface area contributed by atoms with E-state index in [0.717, 1.165) is 61.2 Å². The molecular weight excluding hydrogens is 641 g/mol. The lowest BCUT2D eigenvalue weighted by Crippen LogP contribution is -2.00. The standard InChI is InChI=1S/C47H28N2OS/c1-2-12-29(13-3-1)30-14-10-15-31(26-30)32-27-39(37-20-11-19-35-33-16-5-8-22-42(33)50-46(35)37)48-44(28-32)49-40-21-7-4-18-38(40)45-41(49)25-24-36-34-17-6-9-23-43(34)51-47(36)45/h1-28H. The van der Waals surface area contributed by atoms with Crippen molar-refractivity contribution in [2.24, 2.45) is 0 Å². The van der Waals surface area contributed by atoms with E-state index in [1.54, 1.807) is 0 Å². The van der Waals surface area contributed by atoms with Crippen molar-refractivity contribution in [2.45, 2.75) is 0 Å². The van der Waals surface area contributed by atoms with Gasteiger partial charge in [-0.25, -0.2) is 4.98 Å². The second-order valence-corrected chi connectivity index (χ2v) is 14.2. The lowest BCUT2D eigenvalue weighted by Gasteiger charge is -2.14. The fourth-order valence-corrected chi connectivity index (χ4v) is 9.13. The fourth-order valence-electron chi connectivity index (χ4n) is 7.87. The number of nitrogens with zero attached hydrogens (tertiary/aromatic N) is 2. The molecule has 3 nitrogen and oxygen atoms in total. The Bertz CT molecular complexity index is 3150. The molecule has 0 saturated carbocycles. The summed E-state index contributed by atoms with van der Waals surface area (Å²) in [5.41, 5.74) is 10.4. The molecule has 0 N–H and O–H groups in total. The fraction of sp³-hybridized carbons (Fsp3) is 0. The van der Waals surface area contributed by atoms with E-state index in [-0.39, 0.29) is 0 Å². The number of benzene rings is 7. The largest absolute Gasteiger partial charge is 0.455 e. The van der Waals surface area contributed by atoms with E-state index < -0.39 is 0 Å². The third-order valence-electron chi connectivity index (χ3n) is 10.2. The predicted octanol–water partition coefficient (Wildman–Crippen LogP) is 13.4. The molecule has 11 aromatic rings. The second-order valence-electron chi connectivity index (χ2n) is 13.1. The van der Waals surface area contributed by atoms with Gasteiger partial charge in [0.2, 0.25) is 0 Å². The zero-order valence-corrected chi connectivity index (χ0v) is 28.2. The molecule has 0 atom stereocenters. The SMILES string of the molecule is c1ccc(-c2cccc(-c3cc(-c4cccc5c4oc4ccccc45)nc(-n4c5ccccc5c5c6sc7ccccc7c6ccc54)c3)c2)cc1. The van der Waals surface area contributed by atoms with Gasteiger partial charge >= 0.3 is 0 Å². The van der Waals surface area contributed by atoms with Crippen LogP contribution in [0, 0.1) is 0 Å². The Kier molecular flexibility index (Phi) is 6.12. The van der Waals surface area contributed by atoms with Crippen LogP contribution in [0.2, 0.25) is 0 Å². The van der Waals surface area contributed by atoms with Crippen molar-refractivity contribution in [3.63, 3.8) is 0 Å². The van der Waals surface area contributed by atoms with Gasteiger partial charge in [0, 0.05) is 47.3 Å². The molecule has 238 valence electrons. The van der Waals surface area contributed by atoms with Crippen LogP contribution in [0.25, 0.3) is 103 Å². The summed E-state index contributed by atoms with van der Waals surface area (Å²) in [6.45, 7) is 0. The van der Waals surface area contributed by atoms with E-state index in [1.807, 2.05) is 23.5 Å². The first-order valence-electron chi connectivity index (χ1n) is 17.2. The van der Waals surface area contributed by atoms with Crippen LogP contribution in [-0.4, -0.2) is 9.55 Å². The molecule has 0 amide bonds. The van der Waals surface area contributed by atoms with E-state index in [0.29, 0.717) is 0 Å². The maximum absolute atomic E-state index is 6.56. The number of furan rings is 1. The molecule has 51 heavy (non-hydrogen) atoms. The van der Waals surface area contributed by atoms with E-state index in [1.165, 1.54) is 42.1 Å². The molecule has 0 bridgehead atoms. The molecule has 0 unspecified atom stereocenters. The van der Waals surface area contributed by atoms with Gasteiger partial charge in [0.15, 0.2) is 0 Å². The lowest BCUT2D eigenvalue weighted by atomic mass is 9.98. The van der Waals surface area contributed by atoms with Gasteiger partial charge in [-0.05, 0) is 70.8 Å². The first kappa shape index (κ1) is 28.4. The quantitative estimate of drug-likeness (QED) is 0.187. The highest BCUT2D eigenvalue weighted by Crippen LogP contribution is 2.44. The number of aromatic nitrogens is 2. The lowest BCUT2D eigenvalue weighted by molar-refractivity contribution is 0.670. The van der Waals surface area contributed by atoms with Crippen LogP contribution in [0.5, 0.6) is 0 Å². The minimum absolute atomic E-state index is 0.849. The molecule has 4 heteroatoms. The predicted molar refractivity (Wildman–Crippen MR) is 215 cm³/mol. The number of para-hydroxylation sites is 3. The Morgan fingerprint density at radius 1 is 0.471 bits per heavy atom. The van der Waals surface area contributed by atoms with Crippen molar-refractivity contribution in [1.82, 2.24) is 9.55 Å². The summed E-state index contributed by atoms with van der Waals surface area (Å²) in [5, 5.41) is 7.29. The highest BCUT2D eigenvalue weighted by molar-refractivity contribution is 7.26. The first-order chi connectivity index (χ1) is 25.3. The van der Waals surface area contributed by atoms with Gasteiger partial charge in [0.25, 0.3) is 0 Å². The van der Waals surface area contributed by atoms with Gasteiger partial charge in [0.05, 0.1) is 16.7 Å². The van der Waals surface area contributed by atoms with Crippen molar-refractivity contribution in [3.8, 4) is 39.3 Å². The van der Waals surface area contributed by atoms with Crippen LogP contribution in [-0.2, 0) is 0 Å². The Hall–Kier alpha value is -6.49. The Morgan fingerprint density at radius 2 is 1.18 bits per heavy atom. The van der Waals surface area contributed by atoms with E-state index in [9.17, 15) is 0 Å². The molecule has 7 aromatic carbocycles. The Morgan fingerprint density at radius 3 is 2.08 bits per heavy atom. The molecule has 4 heterocycles. The van der Waals surface area contributed by atoms with Gasteiger partial charge in [-0.1, -0.05) is 121 Å². The van der Waals surface area contributed by atoms with Crippen LogP contribution in [0.1, 0.15) is 0 Å². The maximum Gasteiger partial charge on any atom is 0.144 e. The van der Waals surface area contributed by atoms with Crippen molar-refractivity contribution < 1.29 is 4.42 Å². The third-order valence-corrected chi connectivity index (χ3v) is 11.4. The molecule has 0 aliphatic rings. The third kappa shape index (κ3) is 4.33.